The van der Waals surface area contributed by atoms with Crippen LogP contribution in [0.2, 0.25) is 0 Å². The molecule has 0 aliphatic carbocycles. The van der Waals surface area contributed by atoms with Crippen LogP contribution in [-0.4, -0.2) is 61.9 Å². The molecule has 1 aromatic heterocycles. The molecule has 0 radical (unpaired) electrons. The van der Waals surface area contributed by atoms with E-state index < -0.39 is 0 Å². The summed E-state index contributed by atoms with van der Waals surface area (Å²) in [5.41, 5.74) is 0.920. The summed E-state index contributed by atoms with van der Waals surface area (Å²) in [5.74, 6) is -0.268. The lowest BCUT2D eigenvalue weighted by molar-refractivity contribution is 0.0228. The minimum atomic E-state index is -0.318. The number of hydrogen-bond donors (Lipinski definition) is 1. The lowest BCUT2D eigenvalue weighted by Crippen LogP contribution is -2.11. The maximum atomic E-state index is 11.4. The van der Waals surface area contributed by atoms with Gasteiger partial charge >= 0.3 is 0 Å². The molecule has 7 nitrogen and oxygen atoms in total. The number of aromatic hydroxyl groups is 1. The molecule has 110 valence electrons. The number of rotatable bonds is 9. The Morgan fingerprint density at radius 2 is 1.90 bits per heavy atom. The van der Waals surface area contributed by atoms with Gasteiger partial charge in [0.1, 0.15) is 0 Å². The van der Waals surface area contributed by atoms with Crippen LogP contribution in [0.3, 0.4) is 0 Å². The van der Waals surface area contributed by atoms with Crippen LogP contribution in [-0.2, 0) is 20.8 Å². The normalized spacial score (nSPS) is 13.2. The van der Waals surface area contributed by atoms with Gasteiger partial charge in [-0.3, -0.25) is 4.79 Å². The monoisotopic (exact) mass is 282 g/mol. The Balaban J connectivity index is 1.67. The van der Waals surface area contributed by atoms with Crippen LogP contribution in [0.25, 0.3) is 0 Å². The molecule has 0 aromatic carbocycles. The second-order valence-corrected chi connectivity index (χ2v) is 4.25. The molecule has 1 aromatic rings. The third-order valence-corrected chi connectivity index (χ3v) is 2.91. The summed E-state index contributed by atoms with van der Waals surface area (Å²) < 4.78 is 17.1. The highest BCUT2D eigenvalue weighted by Crippen LogP contribution is 2.26. The van der Waals surface area contributed by atoms with Crippen LogP contribution < -0.4 is 0 Å². The SMILES string of the molecule is COCCOCCOCCn1cc2c(c1O)C=NC2=O. The van der Waals surface area contributed by atoms with Crippen LogP contribution in [0.5, 0.6) is 5.88 Å². The van der Waals surface area contributed by atoms with E-state index in [2.05, 4.69) is 4.99 Å². The van der Waals surface area contributed by atoms with Gasteiger partial charge in [-0.2, -0.15) is 0 Å². The number of fused-ring (bicyclic) bond motifs is 1. The van der Waals surface area contributed by atoms with Gasteiger partial charge in [-0.05, 0) is 0 Å². The van der Waals surface area contributed by atoms with E-state index in [0.717, 1.165) is 0 Å². The van der Waals surface area contributed by atoms with Crippen molar-refractivity contribution in [1.29, 1.82) is 0 Å². The third kappa shape index (κ3) is 3.44. The van der Waals surface area contributed by atoms with Gasteiger partial charge < -0.3 is 23.9 Å². The molecule has 0 bridgehead atoms. The van der Waals surface area contributed by atoms with Gasteiger partial charge in [0.2, 0.25) is 5.88 Å². The third-order valence-electron chi connectivity index (χ3n) is 2.91. The van der Waals surface area contributed by atoms with E-state index in [-0.39, 0.29) is 11.8 Å². The number of methoxy groups -OCH3 is 1. The number of carbonyl (C=O) groups excluding carboxylic acids is 1. The maximum absolute atomic E-state index is 11.4. The van der Waals surface area contributed by atoms with Gasteiger partial charge in [0, 0.05) is 26.1 Å². The first-order chi connectivity index (χ1) is 9.74. The molecular weight excluding hydrogens is 264 g/mol. The molecule has 2 rings (SSSR count). The smallest absolute Gasteiger partial charge is 0.279 e. The van der Waals surface area contributed by atoms with Crippen LogP contribution in [0, 0.1) is 0 Å². The number of carbonyl (C=O) groups is 1. The number of nitrogens with zero attached hydrogens (tertiary/aromatic N) is 2. The lowest BCUT2D eigenvalue weighted by atomic mass is 10.2. The molecule has 1 amide bonds. The van der Waals surface area contributed by atoms with E-state index in [1.54, 1.807) is 17.9 Å². The quantitative estimate of drug-likeness (QED) is 0.665. The molecule has 0 saturated heterocycles. The standard InChI is InChI=1S/C13H18N2O5/c1-18-4-5-20-7-6-19-3-2-15-9-11-10(13(15)17)8-14-12(11)16/h8-9,17H,2-7H2,1H3. The fourth-order valence-electron chi connectivity index (χ4n) is 1.85. The summed E-state index contributed by atoms with van der Waals surface area (Å²) in [4.78, 5) is 15.0. The minimum Gasteiger partial charge on any atom is -0.494 e. The topological polar surface area (TPSA) is 82.3 Å². The molecule has 1 aliphatic heterocycles. The largest absolute Gasteiger partial charge is 0.494 e. The first kappa shape index (κ1) is 14.7. The average molecular weight is 282 g/mol. The highest BCUT2D eigenvalue weighted by molar-refractivity contribution is 6.14. The van der Waals surface area contributed by atoms with Crippen LogP contribution in [0.4, 0.5) is 0 Å². The van der Waals surface area contributed by atoms with Crippen molar-refractivity contribution in [2.24, 2.45) is 4.99 Å². The molecule has 0 atom stereocenters. The number of aromatic nitrogens is 1. The molecule has 0 saturated carbocycles. The van der Waals surface area contributed by atoms with Gasteiger partial charge in [0.25, 0.3) is 5.91 Å². The lowest BCUT2D eigenvalue weighted by Gasteiger charge is -2.07. The van der Waals surface area contributed by atoms with Crippen LogP contribution in [0.1, 0.15) is 15.9 Å². The predicted octanol–water partition coefficient (Wildman–Crippen LogP) is 0.446. The zero-order valence-electron chi connectivity index (χ0n) is 11.4. The van der Waals surface area contributed by atoms with E-state index in [1.165, 1.54) is 6.21 Å². The van der Waals surface area contributed by atoms with E-state index in [9.17, 15) is 9.90 Å². The van der Waals surface area contributed by atoms with Gasteiger partial charge in [0.05, 0.1) is 44.2 Å². The second-order valence-electron chi connectivity index (χ2n) is 4.25. The number of hydrogen-bond acceptors (Lipinski definition) is 5. The van der Waals surface area contributed by atoms with Crippen molar-refractivity contribution in [3.8, 4) is 5.88 Å². The van der Waals surface area contributed by atoms with E-state index in [1.807, 2.05) is 0 Å². The molecule has 1 N–H and O–H groups in total. The first-order valence-corrected chi connectivity index (χ1v) is 6.39. The molecular formula is C13H18N2O5. The zero-order chi connectivity index (χ0) is 14.4. The van der Waals surface area contributed by atoms with E-state index in [0.29, 0.717) is 50.7 Å². The van der Waals surface area contributed by atoms with Gasteiger partial charge in [-0.25, -0.2) is 4.99 Å². The molecule has 0 spiro atoms. The van der Waals surface area contributed by atoms with Crippen LogP contribution in [0.15, 0.2) is 11.2 Å². The van der Waals surface area contributed by atoms with Gasteiger partial charge in [-0.15, -0.1) is 0 Å². The maximum Gasteiger partial charge on any atom is 0.279 e. The summed E-state index contributed by atoms with van der Waals surface area (Å²) in [6, 6.07) is 0. The molecule has 0 unspecified atom stereocenters. The molecule has 7 heteroatoms. The molecule has 2 heterocycles. The Hall–Kier alpha value is -1.70. The van der Waals surface area contributed by atoms with Crippen molar-refractivity contribution in [1.82, 2.24) is 4.57 Å². The zero-order valence-corrected chi connectivity index (χ0v) is 11.4. The fraction of sp³-hybridized carbons (Fsp3) is 0.538. The molecule has 1 aliphatic rings. The summed E-state index contributed by atoms with van der Waals surface area (Å²) in [6.07, 6.45) is 2.98. The Kier molecular flexibility index (Phi) is 5.28. The second kappa shape index (κ2) is 7.18. The summed E-state index contributed by atoms with van der Waals surface area (Å²) >= 11 is 0. The average Bonchev–Trinajstić information content (AvgIpc) is 2.95. The Labute approximate surface area is 116 Å². The number of ether oxygens (including phenoxy) is 3. The summed E-state index contributed by atoms with van der Waals surface area (Å²) in [6.45, 7) is 3.00. The minimum absolute atomic E-state index is 0.0505. The number of aliphatic imine (C=N–C) groups is 1. The number of amides is 1. The van der Waals surface area contributed by atoms with Gasteiger partial charge in [0.15, 0.2) is 0 Å². The molecule has 20 heavy (non-hydrogen) atoms. The van der Waals surface area contributed by atoms with E-state index in [4.69, 9.17) is 14.2 Å². The van der Waals surface area contributed by atoms with Crippen molar-refractivity contribution in [3.63, 3.8) is 0 Å². The van der Waals surface area contributed by atoms with Crippen molar-refractivity contribution in [2.45, 2.75) is 6.54 Å². The highest BCUT2D eigenvalue weighted by atomic mass is 16.5. The summed E-state index contributed by atoms with van der Waals surface area (Å²) in [7, 11) is 1.62. The van der Waals surface area contributed by atoms with Crippen molar-refractivity contribution in [2.75, 3.05) is 40.1 Å². The predicted molar refractivity (Wildman–Crippen MR) is 71.5 cm³/mol. The Morgan fingerprint density at radius 1 is 1.20 bits per heavy atom. The van der Waals surface area contributed by atoms with Crippen molar-refractivity contribution < 1.29 is 24.1 Å². The van der Waals surface area contributed by atoms with Crippen LogP contribution >= 0.6 is 0 Å². The van der Waals surface area contributed by atoms with Gasteiger partial charge in [-0.1, -0.05) is 0 Å². The Morgan fingerprint density at radius 3 is 2.60 bits per heavy atom. The van der Waals surface area contributed by atoms with Crippen molar-refractivity contribution >= 4 is 12.1 Å². The first-order valence-electron chi connectivity index (χ1n) is 6.39. The molecule has 0 fully saturated rings. The summed E-state index contributed by atoms with van der Waals surface area (Å²) in [5, 5.41) is 9.89. The Bertz CT molecular complexity index is 495. The van der Waals surface area contributed by atoms with Crippen molar-refractivity contribution in [3.05, 3.63) is 17.3 Å². The van der Waals surface area contributed by atoms with E-state index >= 15 is 0 Å². The fourth-order valence-corrected chi connectivity index (χ4v) is 1.85. The highest BCUT2D eigenvalue weighted by Gasteiger charge is 2.23.